The van der Waals surface area contributed by atoms with E-state index >= 15 is 0 Å². The summed E-state index contributed by atoms with van der Waals surface area (Å²) in [4.78, 5) is 19.5. The number of aromatic nitrogens is 4. The summed E-state index contributed by atoms with van der Waals surface area (Å²) in [6.07, 6.45) is 9.05. The topological polar surface area (TPSA) is 78.8 Å². The second-order valence-corrected chi connectivity index (χ2v) is 7.06. The van der Waals surface area contributed by atoms with Gasteiger partial charge in [0.05, 0.1) is 5.69 Å². The highest BCUT2D eigenvalue weighted by Gasteiger charge is 2.31. The number of nitrogens with zero attached hydrogens (tertiary/aromatic N) is 4. The van der Waals surface area contributed by atoms with Gasteiger partial charge < -0.3 is 14.8 Å². The zero-order valence-corrected chi connectivity index (χ0v) is 14.8. The lowest BCUT2D eigenvalue weighted by atomic mass is 9.97. The molecule has 1 atom stereocenters. The third-order valence-corrected chi connectivity index (χ3v) is 5.52. The van der Waals surface area contributed by atoms with Gasteiger partial charge in [0.25, 0.3) is 5.91 Å². The first-order valence-electron chi connectivity index (χ1n) is 9.29. The number of carbonyl (C=O) groups excluding carboxylic acids is 1. The molecule has 2 aromatic heterocycles. The first-order chi connectivity index (χ1) is 12.2. The van der Waals surface area contributed by atoms with Gasteiger partial charge in [-0.25, -0.2) is 4.98 Å². The van der Waals surface area contributed by atoms with Crippen LogP contribution in [0.2, 0.25) is 0 Å². The zero-order valence-electron chi connectivity index (χ0n) is 14.8. The van der Waals surface area contributed by atoms with Crippen molar-refractivity contribution in [3.8, 4) is 0 Å². The van der Waals surface area contributed by atoms with Gasteiger partial charge in [0.1, 0.15) is 5.82 Å². The van der Waals surface area contributed by atoms with E-state index in [1.54, 1.807) is 0 Å². The van der Waals surface area contributed by atoms with Crippen molar-refractivity contribution in [3.05, 3.63) is 35.2 Å². The molecule has 7 heteroatoms. The number of hydrogen-bond acceptors (Lipinski definition) is 4. The molecule has 0 spiro atoms. The van der Waals surface area contributed by atoms with E-state index in [0.717, 1.165) is 68.9 Å². The molecule has 1 fully saturated rings. The Labute approximate surface area is 147 Å². The monoisotopic (exact) mass is 342 g/mol. The Morgan fingerprint density at radius 1 is 1.40 bits per heavy atom. The molecule has 4 heterocycles. The number of fused-ring (bicyclic) bond motifs is 1. The Balaban J connectivity index is 1.49. The fourth-order valence-corrected chi connectivity index (χ4v) is 4.05. The molecule has 4 rings (SSSR count). The van der Waals surface area contributed by atoms with E-state index in [4.69, 9.17) is 0 Å². The fraction of sp³-hybridized carbons (Fsp3) is 0.611. The molecule has 25 heavy (non-hydrogen) atoms. The maximum absolute atomic E-state index is 13.2. The standard InChI is InChI=1S/C18H26N6O/c1-13-20-8-11-23(13)10-6-14-4-2-3-9-24(14)18(25)17-15-5-7-19-12-16(15)21-22-17/h8,11,14,19H,2-7,9-10,12H2,1H3,(H,21,22). The van der Waals surface area contributed by atoms with Crippen molar-refractivity contribution in [2.45, 2.75) is 58.2 Å². The Hall–Kier alpha value is -2.15. The summed E-state index contributed by atoms with van der Waals surface area (Å²) in [6.45, 7) is 5.46. The van der Waals surface area contributed by atoms with Gasteiger partial charge >= 0.3 is 0 Å². The summed E-state index contributed by atoms with van der Waals surface area (Å²) in [5.41, 5.74) is 2.82. The highest BCUT2D eigenvalue weighted by atomic mass is 16.2. The van der Waals surface area contributed by atoms with Gasteiger partial charge in [0.2, 0.25) is 0 Å². The van der Waals surface area contributed by atoms with Gasteiger partial charge in [-0.3, -0.25) is 9.89 Å². The summed E-state index contributed by atoms with van der Waals surface area (Å²) in [6, 6.07) is 0.289. The minimum absolute atomic E-state index is 0.103. The number of hydrogen-bond donors (Lipinski definition) is 2. The Kier molecular flexibility index (Phi) is 4.57. The average molecular weight is 342 g/mol. The van der Waals surface area contributed by atoms with Crippen LogP contribution in [-0.2, 0) is 19.5 Å². The molecule has 2 N–H and O–H groups in total. The normalized spacial score (nSPS) is 20.5. The predicted molar refractivity (Wildman–Crippen MR) is 94.3 cm³/mol. The van der Waals surface area contributed by atoms with Crippen molar-refractivity contribution >= 4 is 5.91 Å². The molecule has 7 nitrogen and oxygen atoms in total. The van der Waals surface area contributed by atoms with Crippen molar-refractivity contribution < 1.29 is 4.79 Å². The SMILES string of the molecule is Cc1nccn1CCC1CCCCN1C(=O)c1n[nH]c2c1CCNC2. The lowest BCUT2D eigenvalue weighted by Gasteiger charge is -2.36. The molecule has 2 aromatic rings. The van der Waals surface area contributed by atoms with Crippen molar-refractivity contribution in [1.29, 1.82) is 0 Å². The predicted octanol–water partition coefficient (Wildman–Crippen LogP) is 1.65. The maximum Gasteiger partial charge on any atom is 0.274 e. The van der Waals surface area contributed by atoms with Gasteiger partial charge in [-0.15, -0.1) is 0 Å². The summed E-state index contributed by atoms with van der Waals surface area (Å²) in [5, 5.41) is 10.7. The van der Waals surface area contributed by atoms with Gasteiger partial charge in [0.15, 0.2) is 5.69 Å². The zero-order chi connectivity index (χ0) is 17.2. The highest BCUT2D eigenvalue weighted by Crippen LogP contribution is 2.25. The van der Waals surface area contributed by atoms with E-state index in [0.29, 0.717) is 5.69 Å². The van der Waals surface area contributed by atoms with Crippen LogP contribution >= 0.6 is 0 Å². The van der Waals surface area contributed by atoms with E-state index in [-0.39, 0.29) is 11.9 Å². The first kappa shape index (κ1) is 16.3. The first-order valence-corrected chi connectivity index (χ1v) is 9.29. The Morgan fingerprint density at radius 2 is 2.32 bits per heavy atom. The van der Waals surface area contributed by atoms with Crippen molar-refractivity contribution in [1.82, 2.24) is 30.0 Å². The van der Waals surface area contributed by atoms with Crippen molar-refractivity contribution in [2.75, 3.05) is 13.1 Å². The molecule has 0 aliphatic carbocycles. The minimum atomic E-state index is 0.103. The third kappa shape index (κ3) is 3.20. The molecular weight excluding hydrogens is 316 g/mol. The summed E-state index contributed by atoms with van der Waals surface area (Å²) in [7, 11) is 0. The number of aromatic amines is 1. The lowest BCUT2D eigenvalue weighted by molar-refractivity contribution is 0.0588. The second-order valence-electron chi connectivity index (χ2n) is 7.06. The van der Waals surface area contributed by atoms with E-state index in [2.05, 4.69) is 30.0 Å². The van der Waals surface area contributed by atoms with Gasteiger partial charge in [-0.2, -0.15) is 5.10 Å². The number of likely N-dealkylation sites (tertiary alicyclic amines) is 1. The van der Waals surface area contributed by atoms with Crippen LogP contribution < -0.4 is 5.32 Å². The van der Waals surface area contributed by atoms with Crippen LogP contribution in [-0.4, -0.2) is 49.7 Å². The summed E-state index contributed by atoms with van der Waals surface area (Å²) in [5.74, 6) is 1.13. The van der Waals surface area contributed by atoms with E-state index < -0.39 is 0 Å². The second kappa shape index (κ2) is 7.00. The number of nitrogens with one attached hydrogen (secondary N) is 2. The van der Waals surface area contributed by atoms with Crippen molar-refractivity contribution in [2.24, 2.45) is 0 Å². The molecule has 0 bridgehead atoms. The van der Waals surface area contributed by atoms with Crippen molar-refractivity contribution in [3.63, 3.8) is 0 Å². The molecular formula is C18H26N6O. The van der Waals surface area contributed by atoms with Crippen LogP contribution in [0.4, 0.5) is 0 Å². The molecule has 1 amide bonds. The van der Waals surface area contributed by atoms with Crippen LogP contribution in [0.3, 0.4) is 0 Å². The van der Waals surface area contributed by atoms with Crippen LogP contribution in [0.1, 0.15) is 53.3 Å². The molecule has 0 saturated carbocycles. The van der Waals surface area contributed by atoms with Crippen LogP contribution in [0.5, 0.6) is 0 Å². The van der Waals surface area contributed by atoms with Gasteiger partial charge in [-0.1, -0.05) is 0 Å². The fourth-order valence-electron chi connectivity index (χ4n) is 4.05. The van der Waals surface area contributed by atoms with E-state index in [1.807, 2.05) is 19.3 Å². The number of piperidine rings is 1. The lowest BCUT2D eigenvalue weighted by Crippen LogP contribution is -2.44. The van der Waals surface area contributed by atoms with Gasteiger partial charge in [-0.05, 0) is 45.6 Å². The van der Waals surface area contributed by atoms with E-state index in [9.17, 15) is 4.79 Å². The molecule has 134 valence electrons. The smallest absolute Gasteiger partial charge is 0.274 e. The van der Waals surface area contributed by atoms with Crippen LogP contribution in [0.25, 0.3) is 0 Å². The molecule has 0 aromatic carbocycles. The number of imidazole rings is 1. The van der Waals surface area contributed by atoms with Gasteiger partial charge in [0, 0.05) is 43.6 Å². The number of H-pyrrole nitrogens is 1. The Morgan fingerprint density at radius 3 is 3.16 bits per heavy atom. The quantitative estimate of drug-likeness (QED) is 0.885. The molecule has 0 radical (unpaired) electrons. The summed E-state index contributed by atoms with van der Waals surface area (Å²) >= 11 is 0. The number of amides is 1. The number of carbonyl (C=O) groups is 1. The number of rotatable bonds is 4. The molecule has 1 unspecified atom stereocenters. The summed E-state index contributed by atoms with van der Waals surface area (Å²) < 4.78 is 2.17. The minimum Gasteiger partial charge on any atom is -0.335 e. The maximum atomic E-state index is 13.2. The largest absolute Gasteiger partial charge is 0.335 e. The van der Waals surface area contributed by atoms with Crippen LogP contribution in [0.15, 0.2) is 12.4 Å². The molecule has 2 aliphatic rings. The molecule has 2 aliphatic heterocycles. The van der Waals surface area contributed by atoms with E-state index in [1.165, 1.54) is 6.42 Å². The van der Waals surface area contributed by atoms with Crippen LogP contribution in [0, 0.1) is 6.92 Å². The average Bonchev–Trinajstić information content (AvgIpc) is 3.26. The highest BCUT2D eigenvalue weighted by molar-refractivity contribution is 5.94. The number of aryl methyl sites for hydroxylation is 2. The molecule has 1 saturated heterocycles. The Bertz CT molecular complexity index is 749. The third-order valence-electron chi connectivity index (χ3n) is 5.52.